The topological polar surface area (TPSA) is 15.3 Å². The Kier molecular flexibility index (Phi) is 9.24. The zero-order valence-corrected chi connectivity index (χ0v) is 12.6. The van der Waals surface area contributed by atoms with Gasteiger partial charge in [0, 0.05) is 18.8 Å². The van der Waals surface area contributed by atoms with Gasteiger partial charge in [-0.05, 0) is 44.7 Å². The van der Waals surface area contributed by atoms with Gasteiger partial charge in [-0.1, -0.05) is 34.3 Å². The van der Waals surface area contributed by atoms with Crippen LogP contribution in [0.15, 0.2) is 12.3 Å². The molecule has 17 heavy (non-hydrogen) atoms. The number of allylic oxidation sites excluding steroid dienone is 1. The molecule has 0 aliphatic carbocycles. The van der Waals surface area contributed by atoms with Crippen LogP contribution in [0.3, 0.4) is 0 Å². The van der Waals surface area contributed by atoms with Crippen LogP contribution in [0.4, 0.5) is 0 Å². The second-order valence-corrected chi connectivity index (χ2v) is 5.99. The molecule has 0 radical (unpaired) electrons. The van der Waals surface area contributed by atoms with Crippen molar-refractivity contribution in [1.82, 2.24) is 10.2 Å². The summed E-state index contributed by atoms with van der Waals surface area (Å²) >= 11 is 0. The average Bonchev–Trinajstić information content (AvgIpc) is 2.20. The maximum Gasteiger partial charge on any atom is 0.0166 e. The van der Waals surface area contributed by atoms with Crippen molar-refractivity contribution in [2.24, 2.45) is 11.8 Å². The van der Waals surface area contributed by atoms with Crippen LogP contribution in [0.5, 0.6) is 0 Å². The van der Waals surface area contributed by atoms with Crippen LogP contribution in [-0.2, 0) is 0 Å². The summed E-state index contributed by atoms with van der Waals surface area (Å²) in [5, 5.41) is 3.39. The minimum atomic E-state index is 0.698. The molecule has 0 aromatic carbocycles. The largest absolute Gasteiger partial charge is 0.389 e. The molecule has 0 amide bonds. The van der Waals surface area contributed by atoms with Gasteiger partial charge in [0.2, 0.25) is 0 Å². The third-order valence-electron chi connectivity index (χ3n) is 2.71. The predicted molar refractivity (Wildman–Crippen MR) is 78.2 cm³/mol. The molecule has 2 heteroatoms. The van der Waals surface area contributed by atoms with Crippen LogP contribution in [-0.4, -0.2) is 31.6 Å². The van der Waals surface area contributed by atoms with Crippen LogP contribution in [0.25, 0.3) is 0 Å². The highest BCUT2D eigenvalue weighted by Gasteiger charge is 2.01. The fraction of sp³-hybridized carbons (Fsp3) is 0.867. The van der Waals surface area contributed by atoms with E-state index in [2.05, 4.69) is 51.5 Å². The van der Waals surface area contributed by atoms with Crippen molar-refractivity contribution in [3.05, 3.63) is 12.3 Å². The van der Waals surface area contributed by atoms with Crippen molar-refractivity contribution in [3.63, 3.8) is 0 Å². The van der Waals surface area contributed by atoms with Crippen molar-refractivity contribution in [3.8, 4) is 0 Å². The Labute approximate surface area is 108 Å². The summed E-state index contributed by atoms with van der Waals surface area (Å²) in [5.74, 6) is 1.46. The molecule has 0 saturated carbocycles. The second kappa shape index (κ2) is 9.52. The first kappa shape index (κ1) is 16.5. The Morgan fingerprint density at radius 1 is 1.12 bits per heavy atom. The number of hydrogen-bond acceptors (Lipinski definition) is 2. The standard InChI is InChI=1S/C15H32N2/c1-13(2)11-16-15(5)9-7-8-10-17(6)12-14(3)4/h13-14,16H,5,7-12H2,1-4,6H3. The SMILES string of the molecule is C=C(CCCCN(C)CC(C)C)NCC(C)C. The lowest BCUT2D eigenvalue weighted by atomic mass is 10.1. The molecule has 0 fully saturated rings. The molecule has 0 aromatic rings. The predicted octanol–water partition coefficient (Wildman–Crippen LogP) is 3.50. The lowest BCUT2D eigenvalue weighted by Crippen LogP contribution is -2.24. The molecule has 0 aliphatic rings. The first-order chi connectivity index (χ1) is 7.91. The van der Waals surface area contributed by atoms with Crippen molar-refractivity contribution in [1.29, 1.82) is 0 Å². The van der Waals surface area contributed by atoms with Gasteiger partial charge in [0.05, 0.1) is 0 Å². The molecule has 0 heterocycles. The van der Waals surface area contributed by atoms with Crippen molar-refractivity contribution < 1.29 is 0 Å². The molecule has 0 bridgehead atoms. The fourth-order valence-corrected chi connectivity index (χ4v) is 1.87. The van der Waals surface area contributed by atoms with Gasteiger partial charge in [0.25, 0.3) is 0 Å². The van der Waals surface area contributed by atoms with Gasteiger partial charge in [-0.25, -0.2) is 0 Å². The summed E-state index contributed by atoms with van der Waals surface area (Å²) in [5.41, 5.74) is 1.20. The van der Waals surface area contributed by atoms with Crippen molar-refractivity contribution in [2.45, 2.75) is 47.0 Å². The van der Waals surface area contributed by atoms with Crippen LogP contribution in [0, 0.1) is 11.8 Å². The average molecular weight is 240 g/mol. The minimum absolute atomic E-state index is 0.698. The van der Waals surface area contributed by atoms with Crippen LogP contribution in [0.2, 0.25) is 0 Å². The summed E-state index contributed by atoms with van der Waals surface area (Å²) in [6.45, 7) is 16.5. The fourth-order valence-electron chi connectivity index (χ4n) is 1.87. The molecule has 102 valence electrons. The van der Waals surface area contributed by atoms with Crippen LogP contribution >= 0.6 is 0 Å². The highest BCUT2D eigenvalue weighted by Crippen LogP contribution is 2.05. The first-order valence-corrected chi connectivity index (χ1v) is 7.02. The molecule has 0 rings (SSSR count). The summed E-state index contributed by atoms with van der Waals surface area (Å²) in [4.78, 5) is 2.43. The van der Waals surface area contributed by atoms with E-state index in [1.807, 2.05) is 0 Å². The maximum atomic E-state index is 4.07. The Bertz CT molecular complexity index is 197. The molecule has 0 unspecified atom stereocenters. The lowest BCUT2D eigenvalue weighted by molar-refractivity contribution is 0.289. The van der Waals surface area contributed by atoms with E-state index in [9.17, 15) is 0 Å². The molecule has 2 nitrogen and oxygen atoms in total. The van der Waals surface area contributed by atoms with Gasteiger partial charge in [-0.3, -0.25) is 0 Å². The summed E-state index contributed by atoms with van der Waals surface area (Å²) in [6, 6.07) is 0. The number of rotatable bonds is 10. The normalized spacial score (nSPS) is 11.5. The molecule has 0 atom stereocenters. The van der Waals surface area contributed by atoms with Crippen LogP contribution < -0.4 is 5.32 Å². The molecular formula is C15H32N2. The Morgan fingerprint density at radius 3 is 2.29 bits per heavy atom. The van der Waals surface area contributed by atoms with Gasteiger partial charge in [0.1, 0.15) is 0 Å². The van der Waals surface area contributed by atoms with Gasteiger partial charge in [-0.15, -0.1) is 0 Å². The van der Waals surface area contributed by atoms with Crippen molar-refractivity contribution in [2.75, 3.05) is 26.7 Å². The summed E-state index contributed by atoms with van der Waals surface area (Å²) < 4.78 is 0. The quantitative estimate of drug-likeness (QED) is 0.588. The molecule has 0 aliphatic heterocycles. The van der Waals surface area contributed by atoms with Gasteiger partial charge >= 0.3 is 0 Å². The van der Waals surface area contributed by atoms with Gasteiger partial charge in [-0.2, -0.15) is 0 Å². The summed E-state index contributed by atoms with van der Waals surface area (Å²) in [6.07, 6.45) is 3.63. The van der Waals surface area contributed by atoms with E-state index in [1.54, 1.807) is 0 Å². The summed E-state index contributed by atoms with van der Waals surface area (Å²) in [7, 11) is 2.21. The highest BCUT2D eigenvalue weighted by molar-refractivity contribution is 4.90. The number of unbranched alkanes of at least 4 members (excludes halogenated alkanes) is 1. The number of nitrogens with one attached hydrogen (secondary N) is 1. The van der Waals surface area contributed by atoms with E-state index in [1.165, 1.54) is 31.6 Å². The van der Waals surface area contributed by atoms with Gasteiger partial charge in [0.15, 0.2) is 0 Å². The zero-order valence-electron chi connectivity index (χ0n) is 12.6. The first-order valence-electron chi connectivity index (χ1n) is 7.02. The van der Waals surface area contributed by atoms with E-state index >= 15 is 0 Å². The molecular weight excluding hydrogens is 208 g/mol. The molecule has 0 spiro atoms. The maximum absolute atomic E-state index is 4.07. The number of nitrogens with zero attached hydrogens (tertiary/aromatic N) is 1. The Hall–Kier alpha value is -0.500. The van der Waals surface area contributed by atoms with E-state index < -0.39 is 0 Å². The third-order valence-corrected chi connectivity index (χ3v) is 2.71. The Balaban J connectivity index is 3.41. The third kappa shape index (κ3) is 11.8. The van der Waals surface area contributed by atoms with E-state index in [0.29, 0.717) is 5.92 Å². The zero-order chi connectivity index (χ0) is 13.3. The van der Waals surface area contributed by atoms with E-state index in [4.69, 9.17) is 0 Å². The van der Waals surface area contributed by atoms with E-state index in [-0.39, 0.29) is 0 Å². The van der Waals surface area contributed by atoms with Crippen molar-refractivity contribution >= 4 is 0 Å². The monoisotopic (exact) mass is 240 g/mol. The minimum Gasteiger partial charge on any atom is -0.389 e. The number of hydrogen-bond donors (Lipinski definition) is 1. The Morgan fingerprint density at radius 2 is 1.76 bits per heavy atom. The smallest absolute Gasteiger partial charge is 0.0166 e. The lowest BCUT2D eigenvalue weighted by Gasteiger charge is -2.19. The second-order valence-electron chi connectivity index (χ2n) is 5.99. The van der Waals surface area contributed by atoms with Gasteiger partial charge < -0.3 is 10.2 Å². The molecule has 0 aromatic heterocycles. The molecule has 0 saturated heterocycles. The van der Waals surface area contributed by atoms with Crippen LogP contribution in [0.1, 0.15) is 47.0 Å². The van der Waals surface area contributed by atoms with E-state index in [0.717, 1.165) is 18.9 Å². The molecule has 1 N–H and O–H groups in total. The highest BCUT2D eigenvalue weighted by atomic mass is 15.1.